The van der Waals surface area contributed by atoms with Gasteiger partial charge in [0.15, 0.2) is 0 Å². The van der Waals surface area contributed by atoms with Crippen molar-refractivity contribution in [2.24, 2.45) is 0 Å². The zero-order valence-corrected chi connectivity index (χ0v) is 14.9. The number of nitrogens with one attached hydrogen (secondary N) is 1. The van der Waals surface area contributed by atoms with Crippen LogP contribution in [0.4, 0.5) is 0 Å². The predicted molar refractivity (Wildman–Crippen MR) is 92.4 cm³/mol. The highest BCUT2D eigenvalue weighted by molar-refractivity contribution is 9.10. The third-order valence-electron chi connectivity index (χ3n) is 3.51. The van der Waals surface area contributed by atoms with Gasteiger partial charge in [0.05, 0.1) is 4.47 Å². The van der Waals surface area contributed by atoms with Gasteiger partial charge >= 0.3 is 0 Å². The number of halogens is 3. The first-order chi connectivity index (χ1) is 8.72. The summed E-state index contributed by atoms with van der Waals surface area (Å²) in [5.74, 6) is 0.314. The average molecular weight is 386 g/mol. The van der Waals surface area contributed by atoms with E-state index >= 15 is 0 Å². The highest BCUT2D eigenvalue weighted by atomic mass is 79.9. The van der Waals surface area contributed by atoms with Crippen molar-refractivity contribution >= 4 is 40.7 Å². The molecule has 0 aromatic heterocycles. The molecule has 1 heterocycles. The van der Waals surface area contributed by atoms with Gasteiger partial charge in [-0.2, -0.15) is 0 Å². The lowest BCUT2D eigenvalue weighted by molar-refractivity contribution is 0.164. The topological polar surface area (TPSA) is 35.5 Å². The molecule has 0 bridgehead atoms. The fourth-order valence-electron chi connectivity index (χ4n) is 2.56. The number of aromatic hydroxyl groups is 1. The summed E-state index contributed by atoms with van der Waals surface area (Å²) in [6.07, 6.45) is 2.34. The van der Waals surface area contributed by atoms with Crippen LogP contribution in [0, 0.1) is 0 Å². The van der Waals surface area contributed by atoms with Crippen molar-refractivity contribution in [2.45, 2.75) is 25.8 Å². The second kappa shape index (κ2) is 9.85. The second-order valence-electron chi connectivity index (χ2n) is 4.80. The van der Waals surface area contributed by atoms with Gasteiger partial charge in [-0.1, -0.05) is 19.4 Å². The molecule has 1 saturated heterocycles. The van der Waals surface area contributed by atoms with Crippen LogP contribution in [-0.2, 0) is 0 Å². The number of phenolic OH excluding ortho intramolecular Hbond substituents is 1. The van der Waals surface area contributed by atoms with Crippen LogP contribution in [0.25, 0.3) is 0 Å². The summed E-state index contributed by atoms with van der Waals surface area (Å²) in [5, 5.41) is 13.0. The van der Waals surface area contributed by atoms with Crippen LogP contribution in [0.5, 0.6) is 5.75 Å². The van der Waals surface area contributed by atoms with E-state index in [9.17, 15) is 5.11 Å². The second-order valence-corrected chi connectivity index (χ2v) is 5.66. The van der Waals surface area contributed by atoms with E-state index in [0.717, 1.165) is 37.1 Å². The fraction of sp³-hybridized carbons (Fsp3) is 0.571. The Hall–Kier alpha value is -0.000000000000000111. The number of hydrogen-bond acceptors (Lipinski definition) is 3. The molecule has 1 aliphatic rings. The lowest BCUT2D eigenvalue weighted by Crippen LogP contribution is -2.45. The standard InChI is InChI=1S/C14H21BrN2O.2ClH/c1-2-3-13(17-8-6-16-7-9-17)11-4-5-14(18)12(15)10-11;;/h4-5,10,13,16,18H,2-3,6-9H2,1H3;2*1H/t13-;;/m1../s1. The fourth-order valence-corrected chi connectivity index (χ4v) is 2.95. The summed E-state index contributed by atoms with van der Waals surface area (Å²) in [5.41, 5.74) is 1.29. The molecule has 0 amide bonds. The zero-order valence-electron chi connectivity index (χ0n) is 11.6. The minimum atomic E-state index is 0. The molecule has 2 N–H and O–H groups in total. The van der Waals surface area contributed by atoms with Gasteiger partial charge in [0.2, 0.25) is 0 Å². The Morgan fingerprint density at radius 1 is 1.30 bits per heavy atom. The van der Waals surface area contributed by atoms with Crippen LogP contribution in [0.1, 0.15) is 31.4 Å². The van der Waals surface area contributed by atoms with Crippen molar-refractivity contribution in [2.75, 3.05) is 26.2 Å². The average Bonchev–Trinajstić information content (AvgIpc) is 2.40. The minimum Gasteiger partial charge on any atom is -0.507 e. The lowest BCUT2D eigenvalue weighted by Gasteiger charge is -2.35. The van der Waals surface area contributed by atoms with Gasteiger partial charge in [0.1, 0.15) is 5.75 Å². The van der Waals surface area contributed by atoms with E-state index in [1.807, 2.05) is 6.07 Å². The van der Waals surface area contributed by atoms with Gasteiger partial charge in [-0.15, -0.1) is 24.8 Å². The Bertz CT molecular complexity index is 401. The van der Waals surface area contributed by atoms with Gasteiger partial charge in [-0.25, -0.2) is 0 Å². The van der Waals surface area contributed by atoms with Crippen molar-refractivity contribution in [1.82, 2.24) is 10.2 Å². The summed E-state index contributed by atoms with van der Waals surface area (Å²) in [4.78, 5) is 2.54. The maximum atomic E-state index is 9.60. The molecule has 3 nitrogen and oxygen atoms in total. The SMILES string of the molecule is CCC[C@H](c1ccc(O)c(Br)c1)N1CCNCC1.Cl.Cl. The molecule has 0 spiro atoms. The number of hydrogen-bond donors (Lipinski definition) is 2. The molecular weight excluding hydrogens is 363 g/mol. The molecule has 0 saturated carbocycles. The molecule has 20 heavy (non-hydrogen) atoms. The molecule has 1 atom stereocenters. The number of piperazine rings is 1. The summed E-state index contributed by atoms with van der Waals surface area (Å²) in [6.45, 7) is 6.57. The molecule has 6 heteroatoms. The predicted octanol–water partition coefficient (Wildman–Crippen LogP) is 3.74. The Morgan fingerprint density at radius 3 is 2.50 bits per heavy atom. The summed E-state index contributed by atoms with van der Waals surface area (Å²) >= 11 is 3.41. The Labute approximate surface area is 142 Å². The lowest BCUT2D eigenvalue weighted by atomic mass is 10.00. The van der Waals surface area contributed by atoms with Crippen molar-refractivity contribution in [1.29, 1.82) is 0 Å². The van der Waals surface area contributed by atoms with Crippen LogP contribution in [0.3, 0.4) is 0 Å². The van der Waals surface area contributed by atoms with E-state index in [2.05, 4.69) is 39.1 Å². The first-order valence-corrected chi connectivity index (χ1v) is 7.45. The maximum Gasteiger partial charge on any atom is 0.129 e. The van der Waals surface area contributed by atoms with Crippen molar-refractivity contribution in [3.8, 4) is 5.75 Å². The molecule has 1 aromatic carbocycles. The number of phenols is 1. The Kier molecular flexibility index (Phi) is 9.85. The van der Waals surface area contributed by atoms with Crippen LogP contribution >= 0.6 is 40.7 Å². The summed E-state index contributed by atoms with van der Waals surface area (Å²) < 4.78 is 0.788. The largest absolute Gasteiger partial charge is 0.507 e. The summed E-state index contributed by atoms with van der Waals surface area (Å²) in [6, 6.07) is 6.35. The van der Waals surface area contributed by atoms with Crippen LogP contribution < -0.4 is 5.32 Å². The molecule has 0 aliphatic carbocycles. The van der Waals surface area contributed by atoms with E-state index in [1.165, 1.54) is 12.0 Å². The molecule has 0 unspecified atom stereocenters. The molecule has 2 rings (SSSR count). The maximum absolute atomic E-state index is 9.60. The van der Waals surface area contributed by atoms with Gasteiger partial charge in [-0.3, -0.25) is 4.90 Å². The number of benzene rings is 1. The van der Waals surface area contributed by atoms with Crippen LogP contribution in [0.15, 0.2) is 22.7 Å². The molecule has 116 valence electrons. The monoisotopic (exact) mass is 384 g/mol. The highest BCUT2D eigenvalue weighted by Gasteiger charge is 2.21. The Morgan fingerprint density at radius 2 is 1.95 bits per heavy atom. The molecule has 1 aliphatic heterocycles. The van der Waals surface area contributed by atoms with Crippen LogP contribution in [0.2, 0.25) is 0 Å². The van der Waals surface area contributed by atoms with Gasteiger partial charge in [0, 0.05) is 32.2 Å². The van der Waals surface area contributed by atoms with E-state index in [1.54, 1.807) is 6.07 Å². The third kappa shape index (κ3) is 5.08. The van der Waals surface area contributed by atoms with Crippen molar-refractivity contribution < 1.29 is 5.11 Å². The van der Waals surface area contributed by atoms with E-state index in [0.29, 0.717) is 11.8 Å². The third-order valence-corrected chi connectivity index (χ3v) is 4.15. The van der Waals surface area contributed by atoms with E-state index < -0.39 is 0 Å². The molecule has 0 radical (unpaired) electrons. The minimum absolute atomic E-state index is 0. The van der Waals surface area contributed by atoms with E-state index in [4.69, 9.17) is 0 Å². The smallest absolute Gasteiger partial charge is 0.129 e. The van der Waals surface area contributed by atoms with Gasteiger partial charge < -0.3 is 10.4 Å². The quantitative estimate of drug-likeness (QED) is 0.828. The van der Waals surface area contributed by atoms with Crippen LogP contribution in [-0.4, -0.2) is 36.2 Å². The van der Waals surface area contributed by atoms with Gasteiger partial charge in [0.25, 0.3) is 0 Å². The Balaban J connectivity index is 0.00000180. The summed E-state index contributed by atoms with van der Waals surface area (Å²) in [7, 11) is 0. The van der Waals surface area contributed by atoms with Crippen molar-refractivity contribution in [3.63, 3.8) is 0 Å². The normalized spacial score (nSPS) is 16.9. The first-order valence-electron chi connectivity index (χ1n) is 6.65. The van der Waals surface area contributed by atoms with Gasteiger partial charge in [-0.05, 0) is 40.0 Å². The number of rotatable bonds is 4. The van der Waals surface area contributed by atoms with E-state index in [-0.39, 0.29) is 24.8 Å². The number of nitrogens with zero attached hydrogens (tertiary/aromatic N) is 1. The molecule has 1 aromatic rings. The molecule has 1 fully saturated rings. The molecular formula is C14H23BrCl2N2O. The van der Waals surface area contributed by atoms with Crippen molar-refractivity contribution in [3.05, 3.63) is 28.2 Å². The zero-order chi connectivity index (χ0) is 13.0. The highest BCUT2D eigenvalue weighted by Crippen LogP contribution is 2.32. The first kappa shape index (κ1) is 20.0.